The molecule has 0 aliphatic heterocycles. The highest BCUT2D eigenvalue weighted by Crippen LogP contribution is 2.34. The van der Waals surface area contributed by atoms with Crippen LogP contribution in [0.4, 0.5) is 0 Å². The van der Waals surface area contributed by atoms with Gasteiger partial charge in [0.15, 0.2) is 0 Å². The molecule has 1 heteroatoms. The molecule has 0 heterocycles. The van der Waals surface area contributed by atoms with Crippen molar-refractivity contribution in [3.63, 3.8) is 0 Å². The van der Waals surface area contributed by atoms with Gasteiger partial charge in [-0.1, -0.05) is 78.3 Å². The van der Waals surface area contributed by atoms with Gasteiger partial charge < -0.3 is 0 Å². The molecule has 0 atom stereocenters. The molecule has 0 fully saturated rings. The zero-order valence-electron chi connectivity index (χ0n) is 12.5. The summed E-state index contributed by atoms with van der Waals surface area (Å²) < 4.78 is 0. The first-order chi connectivity index (χ1) is 11.3. The van der Waals surface area contributed by atoms with Gasteiger partial charge in [0.2, 0.25) is 0 Å². The molecule has 0 unspecified atom stereocenters. The van der Waals surface area contributed by atoms with Gasteiger partial charge in [-0.05, 0) is 57.3 Å². The van der Waals surface area contributed by atoms with Crippen molar-refractivity contribution >= 4 is 22.4 Å². The molecule has 0 spiro atoms. The molecule has 0 saturated heterocycles. The van der Waals surface area contributed by atoms with Crippen LogP contribution >= 0.6 is 11.6 Å². The summed E-state index contributed by atoms with van der Waals surface area (Å²) in [4.78, 5) is 0. The van der Waals surface area contributed by atoms with Crippen molar-refractivity contribution in [3.05, 3.63) is 96.0 Å². The van der Waals surface area contributed by atoms with E-state index >= 15 is 0 Å². The molecule has 0 amide bonds. The van der Waals surface area contributed by atoms with Crippen LogP contribution in [0.2, 0.25) is 5.02 Å². The Hall–Kier alpha value is -2.57. The van der Waals surface area contributed by atoms with Crippen molar-refractivity contribution in [2.45, 2.75) is 0 Å². The number of rotatable bonds is 2. The Labute approximate surface area is 141 Å². The van der Waals surface area contributed by atoms with E-state index in [1.807, 2.05) is 12.1 Å². The minimum absolute atomic E-state index is 0.762. The van der Waals surface area contributed by atoms with Crippen molar-refractivity contribution in [3.8, 4) is 22.3 Å². The van der Waals surface area contributed by atoms with E-state index < -0.39 is 0 Å². The molecular weight excluding hydrogens is 300 g/mol. The lowest BCUT2D eigenvalue weighted by Crippen LogP contribution is -1.85. The molecule has 0 aromatic heterocycles. The molecule has 110 valence electrons. The molecule has 0 aliphatic rings. The van der Waals surface area contributed by atoms with E-state index in [1.165, 1.54) is 33.0 Å². The molecule has 0 radical (unpaired) electrons. The van der Waals surface area contributed by atoms with Crippen LogP contribution in [0.3, 0.4) is 0 Å². The maximum absolute atomic E-state index is 6.02. The smallest absolute Gasteiger partial charge is 0.0406 e. The van der Waals surface area contributed by atoms with E-state index in [4.69, 9.17) is 11.6 Å². The van der Waals surface area contributed by atoms with E-state index in [0.29, 0.717) is 0 Å². The van der Waals surface area contributed by atoms with E-state index in [9.17, 15) is 0 Å². The normalized spacial score (nSPS) is 10.8. The zero-order valence-corrected chi connectivity index (χ0v) is 13.3. The maximum Gasteiger partial charge on any atom is 0.0406 e. The highest BCUT2D eigenvalue weighted by Gasteiger charge is 2.07. The van der Waals surface area contributed by atoms with Crippen LogP contribution in [0.5, 0.6) is 0 Å². The molecule has 0 bridgehead atoms. The number of benzene rings is 4. The summed E-state index contributed by atoms with van der Waals surface area (Å²) in [6, 6.07) is 31.6. The number of hydrogen-bond acceptors (Lipinski definition) is 0. The molecule has 4 aromatic rings. The first-order valence-electron chi connectivity index (χ1n) is 7.65. The van der Waals surface area contributed by atoms with Gasteiger partial charge in [-0.2, -0.15) is 0 Å². The predicted molar refractivity (Wildman–Crippen MR) is 99.8 cm³/mol. The first kappa shape index (κ1) is 14.0. The summed E-state index contributed by atoms with van der Waals surface area (Å²) in [5.41, 5.74) is 4.88. The van der Waals surface area contributed by atoms with Gasteiger partial charge in [-0.3, -0.25) is 0 Å². The zero-order chi connectivity index (χ0) is 15.6. The first-order valence-corrected chi connectivity index (χ1v) is 8.03. The van der Waals surface area contributed by atoms with E-state index in [0.717, 1.165) is 5.02 Å². The third-order valence-electron chi connectivity index (χ3n) is 4.12. The Balaban J connectivity index is 1.99. The monoisotopic (exact) mass is 314 g/mol. The second-order valence-electron chi connectivity index (χ2n) is 5.62. The van der Waals surface area contributed by atoms with Crippen LogP contribution in [0.1, 0.15) is 0 Å². The fourth-order valence-corrected chi connectivity index (χ4v) is 3.10. The van der Waals surface area contributed by atoms with Gasteiger partial charge in [-0.25, -0.2) is 0 Å². The van der Waals surface area contributed by atoms with E-state index in [2.05, 4.69) is 78.9 Å². The minimum Gasteiger partial charge on any atom is -0.0843 e. The average molecular weight is 315 g/mol. The van der Waals surface area contributed by atoms with Crippen molar-refractivity contribution < 1.29 is 0 Å². The third-order valence-corrected chi connectivity index (χ3v) is 4.38. The Kier molecular flexibility index (Phi) is 3.61. The van der Waals surface area contributed by atoms with Gasteiger partial charge in [0, 0.05) is 5.02 Å². The third kappa shape index (κ3) is 2.74. The fourth-order valence-electron chi connectivity index (χ4n) is 2.98. The number of hydrogen-bond donors (Lipinski definition) is 0. The van der Waals surface area contributed by atoms with Crippen molar-refractivity contribution in [2.24, 2.45) is 0 Å². The van der Waals surface area contributed by atoms with Gasteiger partial charge >= 0.3 is 0 Å². The summed E-state index contributed by atoms with van der Waals surface area (Å²) in [6.07, 6.45) is 0. The van der Waals surface area contributed by atoms with E-state index in [-0.39, 0.29) is 0 Å². The fraction of sp³-hybridized carbons (Fsp3) is 0. The standard InChI is InChI=1S/C22H15Cl/c23-20-12-10-16(11-13-20)19-14-18-8-4-5-9-21(18)22(15-19)17-6-2-1-3-7-17/h1-15H. The Morgan fingerprint density at radius 1 is 0.522 bits per heavy atom. The lowest BCUT2D eigenvalue weighted by molar-refractivity contribution is 1.61. The van der Waals surface area contributed by atoms with Crippen LogP contribution in [-0.4, -0.2) is 0 Å². The van der Waals surface area contributed by atoms with Crippen LogP contribution in [-0.2, 0) is 0 Å². The number of halogens is 1. The average Bonchev–Trinajstić information content (AvgIpc) is 2.62. The van der Waals surface area contributed by atoms with Crippen LogP contribution in [0, 0.1) is 0 Å². The van der Waals surface area contributed by atoms with E-state index in [1.54, 1.807) is 0 Å². The second-order valence-corrected chi connectivity index (χ2v) is 6.05. The summed E-state index contributed by atoms with van der Waals surface area (Å²) in [5, 5.41) is 3.29. The quantitative estimate of drug-likeness (QED) is 0.380. The van der Waals surface area contributed by atoms with Crippen LogP contribution in [0.25, 0.3) is 33.0 Å². The largest absolute Gasteiger partial charge is 0.0843 e. The number of fused-ring (bicyclic) bond motifs is 1. The van der Waals surface area contributed by atoms with Crippen LogP contribution < -0.4 is 0 Å². The Morgan fingerprint density at radius 3 is 2.00 bits per heavy atom. The van der Waals surface area contributed by atoms with Crippen LogP contribution in [0.15, 0.2) is 91.0 Å². The topological polar surface area (TPSA) is 0 Å². The molecule has 0 nitrogen and oxygen atoms in total. The Bertz CT molecular complexity index is 954. The summed E-state index contributed by atoms with van der Waals surface area (Å²) in [7, 11) is 0. The van der Waals surface area contributed by atoms with Gasteiger partial charge in [0.05, 0.1) is 0 Å². The molecule has 0 saturated carbocycles. The summed E-state index contributed by atoms with van der Waals surface area (Å²) >= 11 is 6.02. The molecule has 4 rings (SSSR count). The molecular formula is C22H15Cl. The highest BCUT2D eigenvalue weighted by molar-refractivity contribution is 6.30. The predicted octanol–water partition coefficient (Wildman–Crippen LogP) is 6.83. The minimum atomic E-state index is 0.762. The lowest BCUT2D eigenvalue weighted by Gasteiger charge is -2.11. The van der Waals surface area contributed by atoms with Crippen molar-refractivity contribution in [1.29, 1.82) is 0 Å². The molecule has 23 heavy (non-hydrogen) atoms. The molecule has 0 N–H and O–H groups in total. The van der Waals surface area contributed by atoms with Gasteiger partial charge in [0.1, 0.15) is 0 Å². The lowest BCUT2D eigenvalue weighted by atomic mass is 9.93. The maximum atomic E-state index is 6.02. The molecule has 4 aromatic carbocycles. The Morgan fingerprint density at radius 2 is 1.22 bits per heavy atom. The van der Waals surface area contributed by atoms with Gasteiger partial charge in [0.25, 0.3) is 0 Å². The summed E-state index contributed by atoms with van der Waals surface area (Å²) in [6.45, 7) is 0. The van der Waals surface area contributed by atoms with Crippen molar-refractivity contribution in [1.82, 2.24) is 0 Å². The van der Waals surface area contributed by atoms with Gasteiger partial charge in [-0.15, -0.1) is 0 Å². The van der Waals surface area contributed by atoms with Crippen molar-refractivity contribution in [2.75, 3.05) is 0 Å². The summed E-state index contributed by atoms with van der Waals surface area (Å²) in [5.74, 6) is 0. The second kappa shape index (κ2) is 5.91. The highest BCUT2D eigenvalue weighted by atomic mass is 35.5. The molecule has 0 aliphatic carbocycles. The SMILES string of the molecule is Clc1ccc(-c2cc(-c3ccccc3)c3ccccc3c2)cc1.